The Kier molecular flexibility index (Phi) is 2.37. The average Bonchev–Trinajstić information content (AvgIpc) is 2.61. The van der Waals surface area contributed by atoms with Gasteiger partial charge in [-0.1, -0.05) is 48.5 Å². The Morgan fingerprint density at radius 1 is 1.00 bits per heavy atom. The van der Waals surface area contributed by atoms with Gasteiger partial charge < -0.3 is 10.2 Å². The molecule has 2 heteroatoms. The van der Waals surface area contributed by atoms with Crippen LogP contribution in [0, 0.1) is 0 Å². The van der Waals surface area contributed by atoms with Crippen molar-refractivity contribution in [1.82, 2.24) is 0 Å². The molecule has 0 amide bonds. The van der Waals surface area contributed by atoms with Crippen LogP contribution in [0.4, 0.5) is 0 Å². The van der Waals surface area contributed by atoms with Crippen molar-refractivity contribution in [2.45, 2.75) is 12.2 Å². The summed E-state index contributed by atoms with van der Waals surface area (Å²) in [5, 5.41) is 20.9. The molecule has 2 aromatic rings. The lowest BCUT2D eigenvalue weighted by molar-refractivity contribution is -0.128. The molecule has 0 heterocycles. The molecule has 0 unspecified atom stereocenters. The molecular weight excluding hydrogens is 224 g/mol. The van der Waals surface area contributed by atoms with E-state index in [1.165, 1.54) is 0 Å². The normalized spacial score (nSPS) is 15.0. The summed E-state index contributed by atoms with van der Waals surface area (Å²) in [5.41, 5.74) is 3.84. The summed E-state index contributed by atoms with van der Waals surface area (Å²) in [7, 11) is 0. The first kappa shape index (κ1) is 11.2. The number of allylic oxidation sites excluding steroid dienone is 1. The van der Waals surface area contributed by atoms with Gasteiger partial charge in [0.2, 0.25) is 5.79 Å². The van der Waals surface area contributed by atoms with Gasteiger partial charge in [0.15, 0.2) is 0 Å². The van der Waals surface area contributed by atoms with Gasteiger partial charge in [-0.05, 0) is 23.1 Å². The fourth-order valence-electron chi connectivity index (χ4n) is 2.72. The highest BCUT2D eigenvalue weighted by Gasteiger charge is 2.41. The molecule has 2 aromatic carbocycles. The minimum absolute atomic E-state index is 0.552. The Morgan fingerprint density at radius 3 is 2.50 bits per heavy atom. The van der Waals surface area contributed by atoms with Crippen LogP contribution in [0.15, 0.2) is 55.1 Å². The van der Waals surface area contributed by atoms with E-state index in [9.17, 15) is 10.2 Å². The molecule has 2 nitrogen and oxygen atoms in total. The van der Waals surface area contributed by atoms with E-state index < -0.39 is 5.79 Å². The summed E-state index contributed by atoms with van der Waals surface area (Å²) < 4.78 is 0. The predicted octanol–water partition coefficient (Wildman–Crippen LogP) is 2.58. The van der Waals surface area contributed by atoms with Crippen LogP contribution in [0.5, 0.6) is 0 Å². The predicted molar refractivity (Wildman–Crippen MR) is 71.0 cm³/mol. The molecule has 1 aliphatic carbocycles. The van der Waals surface area contributed by atoms with E-state index in [1.54, 1.807) is 12.1 Å². The molecule has 0 spiro atoms. The second-order valence-corrected chi connectivity index (χ2v) is 4.55. The summed E-state index contributed by atoms with van der Waals surface area (Å²) in [5.74, 6) is -1.90. The van der Waals surface area contributed by atoms with E-state index in [4.69, 9.17) is 0 Å². The molecule has 0 saturated carbocycles. The van der Waals surface area contributed by atoms with Crippen LogP contribution in [0.1, 0.15) is 16.7 Å². The molecule has 0 radical (unpaired) electrons. The molecule has 0 saturated heterocycles. The first-order valence-corrected chi connectivity index (χ1v) is 5.94. The van der Waals surface area contributed by atoms with Crippen LogP contribution < -0.4 is 0 Å². The Bertz CT molecular complexity index is 627. The van der Waals surface area contributed by atoms with Crippen LogP contribution in [0.2, 0.25) is 0 Å². The zero-order chi connectivity index (χ0) is 12.8. The fourth-order valence-corrected chi connectivity index (χ4v) is 2.72. The number of benzene rings is 2. The second kappa shape index (κ2) is 3.80. The molecule has 1 aliphatic rings. The van der Waals surface area contributed by atoms with Gasteiger partial charge in [0.05, 0.1) is 0 Å². The highest BCUT2D eigenvalue weighted by Crippen LogP contribution is 2.47. The number of fused-ring (bicyclic) bond motifs is 3. The molecule has 0 atom stereocenters. The standard InChI is InChI=1S/C16H14O2/c1-2-6-11-7-5-9-13-12-8-3-4-10-14(12)16(17,18)15(11)13/h2-5,7-10,17-18H,1,6H2. The van der Waals surface area contributed by atoms with Gasteiger partial charge in [0.25, 0.3) is 0 Å². The lowest BCUT2D eigenvalue weighted by Crippen LogP contribution is -2.24. The van der Waals surface area contributed by atoms with Gasteiger partial charge >= 0.3 is 0 Å². The number of hydrogen-bond acceptors (Lipinski definition) is 2. The molecule has 0 fully saturated rings. The maximum atomic E-state index is 10.4. The van der Waals surface area contributed by atoms with Crippen LogP contribution >= 0.6 is 0 Å². The Labute approximate surface area is 106 Å². The lowest BCUT2D eigenvalue weighted by Gasteiger charge is -2.20. The third-order valence-corrected chi connectivity index (χ3v) is 3.46. The number of rotatable bonds is 2. The number of hydrogen-bond donors (Lipinski definition) is 2. The van der Waals surface area contributed by atoms with Crippen molar-refractivity contribution in [2.24, 2.45) is 0 Å². The van der Waals surface area contributed by atoms with Crippen molar-refractivity contribution in [3.05, 3.63) is 71.8 Å². The second-order valence-electron chi connectivity index (χ2n) is 4.55. The summed E-state index contributed by atoms with van der Waals surface area (Å²) in [6.45, 7) is 3.72. The molecule has 0 aliphatic heterocycles. The van der Waals surface area contributed by atoms with Crippen molar-refractivity contribution < 1.29 is 10.2 Å². The van der Waals surface area contributed by atoms with Gasteiger partial charge in [-0.15, -0.1) is 6.58 Å². The van der Waals surface area contributed by atoms with Gasteiger partial charge in [-0.2, -0.15) is 0 Å². The largest absolute Gasteiger partial charge is 0.358 e. The van der Waals surface area contributed by atoms with E-state index in [-0.39, 0.29) is 0 Å². The molecule has 0 bridgehead atoms. The van der Waals surface area contributed by atoms with Gasteiger partial charge in [-0.25, -0.2) is 0 Å². The third kappa shape index (κ3) is 1.37. The minimum Gasteiger partial charge on any atom is -0.358 e. The molecule has 90 valence electrons. The zero-order valence-corrected chi connectivity index (χ0v) is 9.93. The highest BCUT2D eigenvalue weighted by atomic mass is 16.5. The maximum absolute atomic E-state index is 10.4. The van der Waals surface area contributed by atoms with Crippen LogP contribution in [-0.4, -0.2) is 10.2 Å². The Hall–Kier alpha value is -1.90. The van der Waals surface area contributed by atoms with Crippen molar-refractivity contribution in [3.8, 4) is 11.1 Å². The van der Waals surface area contributed by atoms with Crippen LogP contribution in [0.25, 0.3) is 11.1 Å². The van der Waals surface area contributed by atoms with Crippen LogP contribution in [-0.2, 0) is 12.2 Å². The zero-order valence-electron chi connectivity index (χ0n) is 9.93. The van der Waals surface area contributed by atoms with E-state index in [0.717, 1.165) is 16.7 Å². The first-order valence-electron chi connectivity index (χ1n) is 5.94. The SMILES string of the molecule is C=CCc1cccc2c1C(O)(O)c1ccccc1-2. The van der Waals surface area contributed by atoms with Gasteiger partial charge in [0, 0.05) is 11.1 Å². The fraction of sp³-hybridized carbons (Fsp3) is 0.125. The third-order valence-electron chi connectivity index (χ3n) is 3.46. The van der Waals surface area contributed by atoms with Crippen molar-refractivity contribution >= 4 is 0 Å². The van der Waals surface area contributed by atoms with Gasteiger partial charge in [-0.3, -0.25) is 0 Å². The summed E-state index contributed by atoms with van der Waals surface area (Å²) in [6.07, 6.45) is 2.40. The van der Waals surface area contributed by atoms with E-state index in [1.807, 2.05) is 36.4 Å². The van der Waals surface area contributed by atoms with Crippen molar-refractivity contribution in [1.29, 1.82) is 0 Å². The van der Waals surface area contributed by atoms with Crippen molar-refractivity contribution in [2.75, 3.05) is 0 Å². The molecular formula is C16H14O2. The quantitative estimate of drug-likeness (QED) is 0.623. The highest BCUT2D eigenvalue weighted by molar-refractivity contribution is 5.80. The molecule has 18 heavy (non-hydrogen) atoms. The monoisotopic (exact) mass is 238 g/mol. The molecule has 2 N–H and O–H groups in total. The summed E-state index contributed by atoms with van der Waals surface area (Å²) in [6, 6.07) is 13.2. The Morgan fingerprint density at radius 2 is 1.72 bits per heavy atom. The topological polar surface area (TPSA) is 40.5 Å². The molecule has 3 rings (SSSR count). The summed E-state index contributed by atoms with van der Waals surface area (Å²) >= 11 is 0. The van der Waals surface area contributed by atoms with Gasteiger partial charge in [0.1, 0.15) is 0 Å². The van der Waals surface area contributed by atoms with E-state index >= 15 is 0 Å². The van der Waals surface area contributed by atoms with Crippen molar-refractivity contribution in [3.63, 3.8) is 0 Å². The van der Waals surface area contributed by atoms with E-state index in [2.05, 4.69) is 6.58 Å². The number of aliphatic hydroxyl groups is 2. The molecule has 0 aromatic heterocycles. The average molecular weight is 238 g/mol. The Balaban J connectivity index is 2.34. The first-order chi connectivity index (χ1) is 8.66. The summed E-state index contributed by atoms with van der Waals surface area (Å²) in [4.78, 5) is 0. The van der Waals surface area contributed by atoms with E-state index in [0.29, 0.717) is 17.5 Å². The lowest BCUT2D eigenvalue weighted by atomic mass is 9.96. The minimum atomic E-state index is -1.90. The maximum Gasteiger partial charge on any atom is 0.218 e. The smallest absolute Gasteiger partial charge is 0.218 e. The van der Waals surface area contributed by atoms with Crippen LogP contribution in [0.3, 0.4) is 0 Å².